The Hall–Kier alpha value is -3.80. The van der Waals surface area contributed by atoms with Gasteiger partial charge in [-0.05, 0) is 104 Å². The molecule has 7 rings (SSSR count). The number of allylic oxidation sites excluding steroid dienone is 1. The summed E-state index contributed by atoms with van der Waals surface area (Å²) in [5.74, 6) is -0.978. The number of methoxy groups -OCH3 is 3. The van der Waals surface area contributed by atoms with Gasteiger partial charge >= 0.3 is 0 Å². The minimum absolute atomic E-state index is 0. The maximum Gasteiger partial charge on any atom is 0.188 e. The van der Waals surface area contributed by atoms with Crippen LogP contribution in [-0.4, -0.2) is 56.6 Å². The van der Waals surface area contributed by atoms with E-state index in [4.69, 9.17) is 14.2 Å². The molecular formula is C47H55ClNO4P. The highest BCUT2D eigenvalue weighted by atomic mass is 35.5. The lowest BCUT2D eigenvalue weighted by molar-refractivity contribution is -0.265. The summed E-state index contributed by atoms with van der Waals surface area (Å²) in [6.07, 6.45) is 10.5. The van der Waals surface area contributed by atoms with Crippen LogP contribution in [0, 0.1) is 5.92 Å². The molecule has 5 nitrogen and oxygen atoms in total. The number of ether oxygens (including phenoxy) is 3. The van der Waals surface area contributed by atoms with Crippen molar-refractivity contribution in [3.63, 3.8) is 0 Å². The number of piperidine rings is 1. The van der Waals surface area contributed by atoms with Crippen LogP contribution in [0.3, 0.4) is 0 Å². The fraction of sp³-hybridized carbons (Fsp3) is 0.319. The average molecular weight is 764 g/mol. The zero-order chi connectivity index (χ0) is 37.0. The summed E-state index contributed by atoms with van der Waals surface area (Å²) in [5, 5.41) is 16.0. The van der Waals surface area contributed by atoms with Crippen LogP contribution < -0.4 is 28.3 Å². The lowest BCUT2D eigenvalue weighted by Gasteiger charge is -2.53. The first-order valence-corrected chi connectivity index (χ1v) is 20.9. The summed E-state index contributed by atoms with van der Waals surface area (Å²) in [4.78, 5) is 2.51. The maximum atomic E-state index is 11.9. The van der Waals surface area contributed by atoms with Gasteiger partial charge in [-0.15, -0.1) is 0 Å². The van der Waals surface area contributed by atoms with E-state index in [2.05, 4.69) is 151 Å². The van der Waals surface area contributed by atoms with Crippen LogP contribution >= 0.6 is 7.26 Å². The number of halogens is 1. The monoisotopic (exact) mass is 763 g/mol. The van der Waals surface area contributed by atoms with Crippen LogP contribution in [0.1, 0.15) is 44.1 Å². The first-order chi connectivity index (χ1) is 26.0. The SMILES string of the molecule is COC=CCC1CCC(O)(OC)C1(c1ccc(-c2ccccc2)cc1)N1CCCCC1.COC[P+](c1ccccc1)(c1ccccc1)c1ccccc1.[Cl-]. The van der Waals surface area contributed by atoms with Crippen LogP contribution in [0.5, 0.6) is 0 Å². The number of benzene rings is 5. The molecule has 1 saturated carbocycles. The minimum Gasteiger partial charge on any atom is -1.00 e. The van der Waals surface area contributed by atoms with E-state index in [1.807, 2.05) is 6.07 Å². The quantitative estimate of drug-likeness (QED) is 0.0973. The van der Waals surface area contributed by atoms with E-state index in [0.29, 0.717) is 12.8 Å². The number of hydrogen-bond acceptors (Lipinski definition) is 5. The van der Waals surface area contributed by atoms with Crippen molar-refractivity contribution in [2.24, 2.45) is 5.92 Å². The number of rotatable bonds is 12. The van der Waals surface area contributed by atoms with Crippen LogP contribution in [0.2, 0.25) is 0 Å². The zero-order valence-corrected chi connectivity index (χ0v) is 33.5. The Morgan fingerprint density at radius 2 is 1.15 bits per heavy atom. The second kappa shape index (κ2) is 19.7. The van der Waals surface area contributed by atoms with Gasteiger partial charge in [0.05, 0.1) is 13.4 Å². The standard InChI is InChI=1S/C27H35NO3.C20H20OP.ClH/c1-30-21-9-12-24-17-18-26(29,31-2)27(24,28-19-7-4-8-20-28)25-15-13-23(14-16-25)22-10-5-3-6-11-22;1-21-17-22(18-11-5-2-6-12-18,19-13-7-3-8-14-19)20-15-9-4-10-16-20;/h3,5-6,9-11,13-16,21,24,29H,4,7-8,12,17-20H2,1-2H3;2-16H,17H2,1H3;1H/q;+1;/p-1. The smallest absolute Gasteiger partial charge is 0.188 e. The van der Waals surface area contributed by atoms with E-state index in [1.54, 1.807) is 27.6 Å². The molecular weight excluding hydrogens is 709 g/mol. The van der Waals surface area contributed by atoms with E-state index >= 15 is 0 Å². The Bertz CT molecular complexity index is 1740. The second-order valence-electron chi connectivity index (χ2n) is 14.1. The van der Waals surface area contributed by atoms with Gasteiger partial charge in [-0.1, -0.05) is 116 Å². The van der Waals surface area contributed by atoms with Crippen molar-refractivity contribution in [2.75, 3.05) is 40.8 Å². The van der Waals surface area contributed by atoms with Crippen molar-refractivity contribution >= 4 is 23.2 Å². The first kappa shape index (κ1) is 41.4. The molecule has 1 N–H and O–H groups in total. The van der Waals surface area contributed by atoms with Crippen molar-refractivity contribution in [3.8, 4) is 11.1 Å². The fourth-order valence-electron chi connectivity index (χ4n) is 8.81. The van der Waals surface area contributed by atoms with Crippen molar-refractivity contribution in [1.82, 2.24) is 4.90 Å². The predicted octanol–water partition coefficient (Wildman–Crippen LogP) is 5.92. The Balaban J connectivity index is 0.000000215. The third-order valence-corrected chi connectivity index (χ3v) is 15.4. The third-order valence-electron chi connectivity index (χ3n) is 11.2. The normalized spacial score (nSPS) is 21.5. The van der Waals surface area contributed by atoms with Crippen molar-refractivity contribution in [1.29, 1.82) is 0 Å². The number of aliphatic hydroxyl groups is 1. The number of hydrogen-bond donors (Lipinski definition) is 1. The van der Waals surface area contributed by atoms with Crippen LogP contribution in [-0.2, 0) is 19.7 Å². The van der Waals surface area contributed by atoms with Gasteiger partial charge in [0.1, 0.15) is 28.7 Å². The van der Waals surface area contributed by atoms with Gasteiger partial charge in [0.25, 0.3) is 0 Å². The summed E-state index contributed by atoms with van der Waals surface area (Å²) in [5.41, 5.74) is 2.96. The minimum atomic E-state index is -1.78. The number of nitrogens with zero attached hydrogens (tertiary/aromatic N) is 1. The molecule has 5 aromatic rings. The average Bonchev–Trinajstić information content (AvgIpc) is 3.54. The van der Waals surface area contributed by atoms with Crippen LogP contribution in [0.15, 0.2) is 158 Å². The highest BCUT2D eigenvalue weighted by molar-refractivity contribution is 7.95. The molecule has 1 saturated heterocycles. The highest BCUT2D eigenvalue weighted by Crippen LogP contribution is 2.57. The molecule has 0 aromatic heterocycles. The fourth-order valence-corrected chi connectivity index (χ4v) is 12.6. The Kier molecular flexibility index (Phi) is 15.1. The summed E-state index contributed by atoms with van der Waals surface area (Å²) in [7, 11) is 3.35. The molecule has 1 heterocycles. The summed E-state index contributed by atoms with van der Waals surface area (Å²) in [6, 6.07) is 51.5. The van der Waals surface area contributed by atoms with E-state index in [1.165, 1.54) is 33.5 Å². The second-order valence-corrected chi connectivity index (χ2v) is 17.5. The van der Waals surface area contributed by atoms with Gasteiger partial charge in [-0.25, -0.2) is 0 Å². The van der Waals surface area contributed by atoms with Crippen LogP contribution in [0.25, 0.3) is 11.1 Å². The molecule has 284 valence electrons. The van der Waals surface area contributed by atoms with E-state index in [-0.39, 0.29) is 18.3 Å². The molecule has 5 aromatic carbocycles. The topological polar surface area (TPSA) is 51.2 Å². The zero-order valence-electron chi connectivity index (χ0n) is 31.9. The lowest BCUT2D eigenvalue weighted by Crippen LogP contribution is -3.00. The molecule has 3 atom stereocenters. The molecule has 2 fully saturated rings. The van der Waals surface area contributed by atoms with Gasteiger partial charge < -0.3 is 31.7 Å². The van der Waals surface area contributed by atoms with Crippen molar-refractivity contribution in [3.05, 3.63) is 163 Å². The lowest BCUT2D eigenvalue weighted by atomic mass is 9.73. The third kappa shape index (κ3) is 8.38. The Labute approximate surface area is 329 Å². The van der Waals surface area contributed by atoms with Gasteiger partial charge in [-0.2, -0.15) is 0 Å². The Morgan fingerprint density at radius 1 is 0.667 bits per heavy atom. The molecule has 7 heteroatoms. The van der Waals surface area contributed by atoms with Crippen LogP contribution in [0.4, 0.5) is 0 Å². The molecule has 0 spiro atoms. The van der Waals surface area contributed by atoms with Gasteiger partial charge in [0.2, 0.25) is 0 Å². The first-order valence-electron chi connectivity index (χ1n) is 18.9. The van der Waals surface area contributed by atoms with Crippen molar-refractivity contribution < 1.29 is 31.7 Å². The number of likely N-dealkylation sites (tertiary alicyclic amines) is 1. The summed E-state index contributed by atoms with van der Waals surface area (Å²) in [6.45, 7) is 1.97. The highest BCUT2D eigenvalue weighted by Gasteiger charge is 2.63. The van der Waals surface area contributed by atoms with Gasteiger partial charge in [-0.3, -0.25) is 4.90 Å². The molecule has 1 aliphatic carbocycles. The van der Waals surface area contributed by atoms with Crippen molar-refractivity contribution in [2.45, 2.75) is 49.9 Å². The van der Waals surface area contributed by atoms with Gasteiger partial charge in [0.15, 0.2) is 12.1 Å². The Morgan fingerprint density at radius 3 is 1.61 bits per heavy atom. The maximum absolute atomic E-state index is 11.9. The summed E-state index contributed by atoms with van der Waals surface area (Å²) >= 11 is 0. The molecule has 3 unspecified atom stereocenters. The molecule has 54 heavy (non-hydrogen) atoms. The molecule has 0 bridgehead atoms. The predicted molar refractivity (Wildman–Crippen MR) is 221 cm³/mol. The largest absolute Gasteiger partial charge is 1.00 e. The molecule has 0 radical (unpaired) electrons. The van der Waals surface area contributed by atoms with Gasteiger partial charge in [0, 0.05) is 20.6 Å². The molecule has 1 aliphatic heterocycles. The van der Waals surface area contributed by atoms with E-state index in [0.717, 1.165) is 44.3 Å². The molecule has 0 amide bonds. The van der Waals surface area contributed by atoms with E-state index in [9.17, 15) is 5.11 Å². The van der Waals surface area contributed by atoms with E-state index < -0.39 is 18.6 Å². The summed E-state index contributed by atoms with van der Waals surface area (Å²) < 4.78 is 16.8. The molecule has 2 aliphatic rings.